The summed E-state index contributed by atoms with van der Waals surface area (Å²) in [7, 11) is 0. The number of nitrogens with one attached hydrogen (secondary N) is 1. The van der Waals surface area contributed by atoms with Gasteiger partial charge in [0.1, 0.15) is 23.5 Å². The lowest BCUT2D eigenvalue weighted by molar-refractivity contribution is -0.117. The Bertz CT molecular complexity index is 876. The van der Waals surface area contributed by atoms with Crippen LogP contribution >= 0.6 is 0 Å². The molecule has 1 atom stereocenters. The Labute approximate surface area is 147 Å². The first-order valence-corrected chi connectivity index (χ1v) is 8.15. The van der Waals surface area contributed by atoms with E-state index in [2.05, 4.69) is 5.32 Å². The average molecular weight is 330 g/mol. The molecule has 2 aromatic rings. The van der Waals surface area contributed by atoms with Gasteiger partial charge in [0, 0.05) is 12.1 Å². The Balaban J connectivity index is 2.07. The minimum absolute atomic E-state index is 0.0667. The van der Waals surface area contributed by atoms with E-state index >= 15 is 0 Å². The maximum Gasteiger partial charge on any atom is 0.261 e. The summed E-state index contributed by atoms with van der Waals surface area (Å²) in [5.74, 6) is 0.404. The van der Waals surface area contributed by atoms with Crippen LogP contribution in [-0.2, 0) is 4.79 Å². The van der Waals surface area contributed by atoms with Crippen molar-refractivity contribution in [2.75, 3.05) is 6.54 Å². The predicted octanol–water partition coefficient (Wildman–Crippen LogP) is 3.79. The van der Waals surface area contributed by atoms with Gasteiger partial charge >= 0.3 is 0 Å². The van der Waals surface area contributed by atoms with E-state index in [-0.39, 0.29) is 17.6 Å². The molecule has 124 valence electrons. The number of carbonyl (C=O) groups excluding carboxylic acids is 1. The zero-order valence-electron chi connectivity index (χ0n) is 13.9. The molecule has 1 aliphatic heterocycles. The molecule has 0 saturated heterocycles. The molecule has 4 nitrogen and oxygen atoms in total. The van der Waals surface area contributed by atoms with E-state index < -0.39 is 0 Å². The molecule has 1 N–H and O–H groups in total. The predicted molar refractivity (Wildman–Crippen MR) is 96.6 cm³/mol. The number of nitrogens with zero attached hydrogens (tertiary/aromatic N) is 1. The van der Waals surface area contributed by atoms with Crippen molar-refractivity contribution in [2.24, 2.45) is 0 Å². The number of hydrogen-bond acceptors (Lipinski definition) is 3. The van der Waals surface area contributed by atoms with Crippen LogP contribution in [0.1, 0.15) is 24.2 Å². The van der Waals surface area contributed by atoms with E-state index in [4.69, 9.17) is 4.74 Å². The highest BCUT2D eigenvalue weighted by molar-refractivity contribution is 5.98. The van der Waals surface area contributed by atoms with Gasteiger partial charge < -0.3 is 10.1 Å². The van der Waals surface area contributed by atoms with Gasteiger partial charge in [-0.3, -0.25) is 4.79 Å². The molecule has 0 bridgehead atoms. The minimum atomic E-state index is -0.378. The highest BCUT2D eigenvalue weighted by Crippen LogP contribution is 2.38. The van der Waals surface area contributed by atoms with Gasteiger partial charge in [0.2, 0.25) is 0 Å². The number of fused-ring (bicyclic) bond motifs is 1. The number of ether oxygens (including phenoxy) is 1. The lowest BCUT2D eigenvalue weighted by Crippen LogP contribution is -2.24. The summed E-state index contributed by atoms with van der Waals surface area (Å²) in [6, 6.07) is 19.5. The molecule has 1 amide bonds. The summed E-state index contributed by atoms with van der Waals surface area (Å²) in [6.45, 7) is 2.29. The van der Waals surface area contributed by atoms with Crippen LogP contribution in [0.25, 0.3) is 6.08 Å². The number of para-hydroxylation sites is 1. The van der Waals surface area contributed by atoms with Crippen molar-refractivity contribution in [1.82, 2.24) is 5.32 Å². The first-order valence-electron chi connectivity index (χ1n) is 8.15. The quantitative estimate of drug-likeness (QED) is 0.685. The smallest absolute Gasteiger partial charge is 0.261 e. The van der Waals surface area contributed by atoms with Gasteiger partial charge in [0.05, 0.1) is 0 Å². The highest BCUT2D eigenvalue weighted by Gasteiger charge is 2.24. The Morgan fingerprint density at radius 3 is 2.64 bits per heavy atom. The van der Waals surface area contributed by atoms with Crippen LogP contribution in [0.15, 0.2) is 71.8 Å². The molecule has 0 saturated carbocycles. The largest absolute Gasteiger partial charge is 0.480 e. The van der Waals surface area contributed by atoms with Gasteiger partial charge in [-0.25, -0.2) is 0 Å². The van der Waals surface area contributed by atoms with Crippen LogP contribution in [0.3, 0.4) is 0 Å². The van der Waals surface area contributed by atoms with Crippen molar-refractivity contribution in [2.45, 2.75) is 13.0 Å². The molecule has 0 radical (unpaired) electrons. The third-order valence-corrected chi connectivity index (χ3v) is 3.90. The Morgan fingerprint density at radius 1 is 1.20 bits per heavy atom. The fourth-order valence-electron chi connectivity index (χ4n) is 2.73. The fraction of sp³-hybridized carbons (Fsp3) is 0.143. The second-order valence-electron chi connectivity index (χ2n) is 5.62. The van der Waals surface area contributed by atoms with E-state index in [0.717, 1.165) is 22.4 Å². The van der Waals surface area contributed by atoms with E-state index in [9.17, 15) is 10.1 Å². The van der Waals surface area contributed by atoms with Gasteiger partial charge in [-0.2, -0.15) is 5.26 Å². The van der Waals surface area contributed by atoms with Crippen molar-refractivity contribution in [1.29, 1.82) is 5.26 Å². The molecule has 3 rings (SSSR count). The average Bonchev–Trinajstić information content (AvgIpc) is 2.66. The molecule has 1 aliphatic rings. The van der Waals surface area contributed by atoms with Gasteiger partial charge in [0.25, 0.3) is 5.91 Å². The Morgan fingerprint density at radius 2 is 1.92 bits per heavy atom. The summed E-state index contributed by atoms with van der Waals surface area (Å²) >= 11 is 0. The molecule has 0 fully saturated rings. The summed E-state index contributed by atoms with van der Waals surface area (Å²) in [4.78, 5) is 12.1. The van der Waals surface area contributed by atoms with Crippen LogP contribution < -0.4 is 10.1 Å². The number of rotatable bonds is 4. The number of amides is 1. The minimum Gasteiger partial charge on any atom is -0.480 e. The van der Waals surface area contributed by atoms with Crippen molar-refractivity contribution in [3.63, 3.8) is 0 Å². The molecular formula is C21H18N2O2. The Hall–Kier alpha value is -3.32. The zero-order valence-corrected chi connectivity index (χ0v) is 13.9. The third-order valence-electron chi connectivity index (χ3n) is 3.90. The molecule has 2 aromatic carbocycles. The number of nitriles is 1. The summed E-state index contributed by atoms with van der Waals surface area (Å²) < 4.78 is 6.16. The second kappa shape index (κ2) is 7.50. The van der Waals surface area contributed by atoms with E-state index in [0.29, 0.717) is 6.54 Å². The van der Waals surface area contributed by atoms with E-state index in [1.807, 2.05) is 73.7 Å². The number of benzene rings is 2. The molecule has 4 heteroatoms. The molecule has 0 aliphatic carbocycles. The van der Waals surface area contributed by atoms with Gasteiger partial charge in [-0.1, -0.05) is 48.5 Å². The molecule has 25 heavy (non-hydrogen) atoms. The topological polar surface area (TPSA) is 62.1 Å². The number of carbonyl (C=O) groups is 1. The van der Waals surface area contributed by atoms with Crippen LogP contribution in [0.2, 0.25) is 0 Å². The molecule has 1 unspecified atom stereocenters. The highest BCUT2D eigenvalue weighted by atomic mass is 16.5. The molecule has 1 heterocycles. The van der Waals surface area contributed by atoms with Crippen molar-refractivity contribution < 1.29 is 9.53 Å². The molecule has 0 spiro atoms. The number of hydrogen-bond donors (Lipinski definition) is 1. The van der Waals surface area contributed by atoms with Crippen LogP contribution in [0.4, 0.5) is 0 Å². The lowest BCUT2D eigenvalue weighted by atomic mass is 9.94. The normalized spacial score (nSPS) is 16.1. The zero-order chi connectivity index (χ0) is 17.6. The van der Waals surface area contributed by atoms with Gasteiger partial charge in [-0.05, 0) is 36.3 Å². The van der Waals surface area contributed by atoms with Crippen LogP contribution in [-0.4, -0.2) is 12.5 Å². The molecular weight excluding hydrogens is 312 g/mol. The van der Waals surface area contributed by atoms with Crippen molar-refractivity contribution in [3.8, 4) is 11.8 Å². The summed E-state index contributed by atoms with van der Waals surface area (Å²) in [6.07, 6.45) is 3.21. The molecule has 0 aromatic heterocycles. The number of likely N-dealkylation sites (N-methyl/N-ethyl adjacent to an activating group) is 1. The maximum atomic E-state index is 12.1. The van der Waals surface area contributed by atoms with Crippen LogP contribution in [0.5, 0.6) is 5.75 Å². The van der Waals surface area contributed by atoms with E-state index in [1.165, 1.54) is 0 Å². The SMILES string of the molecule is CCNC(=O)/C(C#N)=C/C1=Cc2ccccc2OC1c1ccccc1. The first kappa shape index (κ1) is 16.5. The van der Waals surface area contributed by atoms with Crippen LogP contribution in [0, 0.1) is 11.3 Å². The fourth-order valence-corrected chi connectivity index (χ4v) is 2.73. The summed E-state index contributed by atoms with van der Waals surface area (Å²) in [5.41, 5.74) is 2.73. The second-order valence-corrected chi connectivity index (χ2v) is 5.62. The third kappa shape index (κ3) is 3.61. The maximum absolute atomic E-state index is 12.1. The summed E-state index contributed by atoms with van der Waals surface area (Å²) in [5, 5.41) is 12.0. The van der Waals surface area contributed by atoms with Crippen molar-refractivity contribution >= 4 is 12.0 Å². The van der Waals surface area contributed by atoms with Crippen molar-refractivity contribution in [3.05, 3.63) is 82.9 Å². The lowest BCUT2D eigenvalue weighted by Gasteiger charge is -2.26. The van der Waals surface area contributed by atoms with E-state index in [1.54, 1.807) is 6.08 Å². The monoisotopic (exact) mass is 330 g/mol. The Kier molecular flexibility index (Phi) is 4.96. The first-order chi connectivity index (χ1) is 12.2. The standard InChI is InChI=1S/C21H18N2O2/c1-2-23-21(24)18(14-22)13-17-12-16-10-6-7-11-19(16)25-20(17)15-8-4-3-5-9-15/h3-13,20H,2H2,1H3,(H,23,24)/b18-13+. The van der Waals surface area contributed by atoms with Gasteiger partial charge in [-0.15, -0.1) is 0 Å². The van der Waals surface area contributed by atoms with Gasteiger partial charge in [0.15, 0.2) is 0 Å².